The second kappa shape index (κ2) is 8.21. The van der Waals surface area contributed by atoms with Crippen LogP contribution < -0.4 is 10.6 Å². The van der Waals surface area contributed by atoms with E-state index < -0.39 is 5.97 Å². The molecule has 0 saturated carbocycles. The van der Waals surface area contributed by atoms with Crippen molar-refractivity contribution in [2.24, 2.45) is 0 Å². The molecule has 24 heavy (non-hydrogen) atoms. The maximum absolute atomic E-state index is 12.3. The molecule has 0 spiro atoms. The first-order valence-corrected chi connectivity index (χ1v) is 9.26. The number of rotatable bonds is 3. The monoisotopic (exact) mass is 566 g/mol. The molecule has 0 aliphatic heterocycles. The molecule has 2 rings (SSSR count). The van der Waals surface area contributed by atoms with Gasteiger partial charge in [0.05, 0.1) is 11.1 Å². The fraction of sp³-hybridized carbons (Fsp3) is 0.0625. The number of benzene rings is 2. The number of anilines is 1. The lowest BCUT2D eigenvalue weighted by Crippen LogP contribution is -2.34. The zero-order chi connectivity index (χ0) is 17.9. The van der Waals surface area contributed by atoms with Crippen molar-refractivity contribution in [3.8, 4) is 0 Å². The summed E-state index contributed by atoms with van der Waals surface area (Å²) in [7, 11) is 0. The van der Waals surface area contributed by atoms with Crippen LogP contribution in [0.2, 0.25) is 0 Å². The molecule has 2 aromatic rings. The molecule has 0 unspecified atom stereocenters. The Bertz CT molecular complexity index is 840. The fourth-order valence-corrected chi connectivity index (χ4v) is 3.16. The number of carbonyl (C=O) groups excluding carboxylic acids is 1. The van der Waals surface area contributed by atoms with Crippen LogP contribution in [0, 0.1) is 14.1 Å². The van der Waals surface area contributed by atoms with Gasteiger partial charge < -0.3 is 10.4 Å². The molecule has 0 heterocycles. The van der Waals surface area contributed by atoms with E-state index in [0.29, 0.717) is 11.3 Å². The van der Waals surface area contributed by atoms with Crippen molar-refractivity contribution < 1.29 is 14.7 Å². The van der Waals surface area contributed by atoms with Crippen molar-refractivity contribution >= 4 is 80.1 Å². The van der Waals surface area contributed by atoms with E-state index >= 15 is 0 Å². The number of hydrogen-bond acceptors (Lipinski definition) is 3. The Hall–Kier alpha value is -1.27. The van der Waals surface area contributed by atoms with Crippen molar-refractivity contribution in [1.29, 1.82) is 0 Å². The van der Waals surface area contributed by atoms with Gasteiger partial charge >= 0.3 is 5.97 Å². The molecule has 0 aliphatic carbocycles. The van der Waals surface area contributed by atoms with Crippen LogP contribution in [-0.2, 0) is 0 Å². The molecule has 0 atom stereocenters. The van der Waals surface area contributed by atoms with Crippen LogP contribution in [0.5, 0.6) is 0 Å². The van der Waals surface area contributed by atoms with Gasteiger partial charge in [-0.05, 0) is 100 Å². The minimum Gasteiger partial charge on any atom is -0.478 e. The molecule has 0 aromatic heterocycles. The lowest BCUT2D eigenvalue weighted by molar-refractivity contribution is 0.0696. The molecular weight excluding hydrogens is 554 g/mol. The second-order valence-electron chi connectivity index (χ2n) is 4.87. The molecule has 3 N–H and O–H groups in total. The first-order chi connectivity index (χ1) is 11.3. The number of thiocarbonyl (C=S) groups is 1. The maximum atomic E-state index is 12.3. The number of aryl methyl sites for hydroxylation is 1. The molecule has 0 radical (unpaired) electrons. The van der Waals surface area contributed by atoms with Crippen LogP contribution in [0.25, 0.3) is 0 Å². The summed E-state index contributed by atoms with van der Waals surface area (Å²) in [5.41, 5.74) is 2.03. The molecule has 0 fully saturated rings. The third-order valence-corrected chi connectivity index (χ3v) is 4.95. The summed E-state index contributed by atoms with van der Waals surface area (Å²) in [4.78, 5) is 23.4. The van der Waals surface area contributed by atoms with Gasteiger partial charge in [0, 0.05) is 12.8 Å². The van der Waals surface area contributed by atoms with Gasteiger partial charge in [-0.25, -0.2) is 4.79 Å². The van der Waals surface area contributed by atoms with Crippen LogP contribution in [-0.4, -0.2) is 22.1 Å². The van der Waals surface area contributed by atoms with E-state index in [-0.39, 0.29) is 16.6 Å². The average molecular weight is 566 g/mol. The zero-order valence-corrected chi connectivity index (χ0v) is 17.5. The first kappa shape index (κ1) is 19.1. The number of carboxylic acid groups (broad SMARTS) is 1. The van der Waals surface area contributed by atoms with E-state index in [1.165, 1.54) is 12.1 Å². The summed E-state index contributed by atoms with van der Waals surface area (Å²) in [6.45, 7) is 1.82. The summed E-state index contributed by atoms with van der Waals surface area (Å²) in [6, 6.07) is 10.2. The standard InChI is InChI=1S/C16H12I2N2O3S/c1-8-2-3-9(15(22)23)6-13(8)19-16(24)20-14(21)11-7-10(17)4-5-12(11)18/h2-7H,1H3,(H,22,23)(H2,19,20,21,24). The Morgan fingerprint density at radius 1 is 1.12 bits per heavy atom. The van der Waals surface area contributed by atoms with E-state index in [1.54, 1.807) is 12.1 Å². The number of nitrogens with one attached hydrogen (secondary N) is 2. The van der Waals surface area contributed by atoms with Gasteiger partial charge in [-0.3, -0.25) is 10.1 Å². The topological polar surface area (TPSA) is 78.4 Å². The van der Waals surface area contributed by atoms with Crippen molar-refractivity contribution in [3.05, 3.63) is 60.2 Å². The van der Waals surface area contributed by atoms with Crippen LogP contribution >= 0.6 is 57.4 Å². The summed E-state index contributed by atoms with van der Waals surface area (Å²) >= 11 is 9.38. The predicted octanol–water partition coefficient (Wildman–Crippen LogP) is 4.03. The minimum absolute atomic E-state index is 0.111. The summed E-state index contributed by atoms with van der Waals surface area (Å²) in [5.74, 6) is -1.34. The van der Waals surface area contributed by atoms with Crippen LogP contribution in [0.1, 0.15) is 26.3 Å². The van der Waals surface area contributed by atoms with Crippen LogP contribution in [0.15, 0.2) is 36.4 Å². The molecule has 0 saturated heterocycles. The van der Waals surface area contributed by atoms with Gasteiger partial charge in [0.2, 0.25) is 0 Å². The van der Waals surface area contributed by atoms with Gasteiger partial charge in [-0.1, -0.05) is 6.07 Å². The molecule has 1 amide bonds. The fourth-order valence-electron chi connectivity index (χ4n) is 1.89. The van der Waals surface area contributed by atoms with E-state index in [2.05, 4.69) is 55.8 Å². The molecule has 2 aromatic carbocycles. The molecule has 0 bridgehead atoms. The Labute approximate surface area is 171 Å². The van der Waals surface area contributed by atoms with E-state index in [9.17, 15) is 9.59 Å². The smallest absolute Gasteiger partial charge is 0.335 e. The Kier molecular flexibility index (Phi) is 6.52. The van der Waals surface area contributed by atoms with Gasteiger partial charge in [0.1, 0.15) is 0 Å². The Morgan fingerprint density at radius 3 is 2.50 bits per heavy atom. The van der Waals surface area contributed by atoms with Crippen molar-refractivity contribution in [1.82, 2.24) is 5.32 Å². The number of aromatic carboxylic acids is 1. The lowest BCUT2D eigenvalue weighted by atomic mass is 10.1. The minimum atomic E-state index is -1.03. The summed E-state index contributed by atoms with van der Waals surface area (Å²) in [5, 5.41) is 14.7. The van der Waals surface area contributed by atoms with Crippen LogP contribution in [0.3, 0.4) is 0 Å². The molecule has 8 heteroatoms. The number of carbonyl (C=O) groups is 2. The quantitative estimate of drug-likeness (QED) is 0.387. The SMILES string of the molecule is Cc1ccc(C(=O)O)cc1NC(=S)NC(=O)c1cc(I)ccc1I. The van der Waals surface area contributed by atoms with Crippen LogP contribution in [0.4, 0.5) is 5.69 Å². The Morgan fingerprint density at radius 2 is 1.83 bits per heavy atom. The Balaban J connectivity index is 2.13. The van der Waals surface area contributed by atoms with Crippen molar-refractivity contribution in [2.45, 2.75) is 6.92 Å². The molecule has 5 nitrogen and oxygen atoms in total. The van der Waals surface area contributed by atoms with Gasteiger partial charge in [-0.2, -0.15) is 0 Å². The van der Waals surface area contributed by atoms with E-state index in [0.717, 1.165) is 12.7 Å². The highest BCUT2D eigenvalue weighted by Crippen LogP contribution is 2.18. The second-order valence-corrected chi connectivity index (χ2v) is 7.68. The van der Waals surface area contributed by atoms with Crippen molar-refractivity contribution in [2.75, 3.05) is 5.32 Å². The van der Waals surface area contributed by atoms with Gasteiger partial charge in [-0.15, -0.1) is 0 Å². The number of amides is 1. The first-order valence-electron chi connectivity index (χ1n) is 6.69. The number of carboxylic acids is 1. The maximum Gasteiger partial charge on any atom is 0.335 e. The number of halogens is 2. The summed E-state index contributed by atoms with van der Waals surface area (Å²) < 4.78 is 1.76. The highest BCUT2D eigenvalue weighted by atomic mass is 127. The van der Waals surface area contributed by atoms with Gasteiger partial charge in [0.25, 0.3) is 5.91 Å². The van der Waals surface area contributed by atoms with E-state index in [4.69, 9.17) is 17.3 Å². The third-order valence-electron chi connectivity index (χ3n) is 3.13. The van der Waals surface area contributed by atoms with Crippen molar-refractivity contribution in [3.63, 3.8) is 0 Å². The average Bonchev–Trinajstić information content (AvgIpc) is 2.51. The van der Waals surface area contributed by atoms with Gasteiger partial charge in [0.15, 0.2) is 5.11 Å². The largest absolute Gasteiger partial charge is 0.478 e. The third kappa shape index (κ3) is 4.86. The normalized spacial score (nSPS) is 10.1. The zero-order valence-electron chi connectivity index (χ0n) is 12.4. The highest BCUT2D eigenvalue weighted by Gasteiger charge is 2.13. The molecule has 124 valence electrons. The van der Waals surface area contributed by atoms with E-state index in [1.807, 2.05) is 19.1 Å². The summed E-state index contributed by atoms with van der Waals surface area (Å²) in [6.07, 6.45) is 0. The molecule has 0 aliphatic rings. The lowest BCUT2D eigenvalue weighted by Gasteiger charge is -2.13. The number of hydrogen-bond donors (Lipinski definition) is 3. The molecular formula is C16H12I2N2O3S. The predicted molar refractivity (Wildman–Crippen MR) is 114 cm³/mol. The highest BCUT2D eigenvalue weighted by molar-refractivity contribution is 14.1.